The molecule has 0 saturated carbocycles. The Hall–Kier alpha value is -1.35. The third-order valence-corrected chi connectivity index (χ3v) is 4.45. The van der Waals surface area contributed by atoms with Crippen LogP contribution in [0.4, 0.5) is 0 Å². The van der Waals surface area contributed by atoms with E-state index in [1.165, 1.54) is 0 Å². The van der Waals surface area contributed by atoms with Gasteiger partial charge in [-0.3, -0.25) is 4.79 Å². The van der Waals surface area contributed by atoms with Crippen molar-refractivity contribution < 1.29 is 4.79 Å². The first-order chi connectivity index (χ1) is 8.97. The van der Waals surface area contributed by atoms with Gasteiger partial charge >= 0.3 is 0 Å². The molecule has 104 valence electrons. The van der Waals surface area contributed by atoms with E-state index in [0.29, 0.717) is 0 Å². The molecule has 1 saturated heterocycles. The van der Waals surface area contributed by atoms with Crippen molar-refractivity contribution in [3.8, 4) is 0 Å². The van der Waals surface area contributed by atoms with Gasteiger partial charge in [0, 0.05) is 24.2 Å². The van der Waals surface area contributed by atoms with Crippen molar-refractivity contribution in [1.82, 2.24) is 10.2 Å². The maximum absolute atomic E-state index is 12.6. The first-order valence-corrected chi connectivity index (χ1v) is 7.01. The minimum Gasteiger partial charge on any atom is -0.338 e. The summed E-state index contributed by atoms with van der Waals surface area (Å²) >= 11 is 0. The number of amides is 1. The number of carbonyl (C=O) groups is 1. The summed E-state index contributed by atoms with van der Waals surface area (Å²) < 4.78 is 0. The van der Waals surface area contributed by atoms with Crippen molar-refractivity contribution in [2.75, 3.05) is 20.1 Å². The minimum atomic E-state index is 0.178. The molecule has 3 nitrogen and oxygen atoms in total. The Morgan fingerprint density at radius 1 is 1.21 bits per heavy atom. The molecule has 19 heavy (non-hydrogen) atoms. The molecule has 0 spiro atoms. The second kappa shape index (κ2) is 5.33. The van der Waals surface area contributed by atoms with Crippen LogP contribution in [-0.2, 0) is 0 Å². The van der Waals surface area contributed by atoms with Crippen LogP contribution in [0.15, 0.2) is 18.2 Å². The van der Waals surface area contributed by atoms with Crippen molar-refractivity contribution >= 4 is 5.91 Å². The topological polar surface area (TPSA) is 32.3 Å². The van der Waals surface area contributed by atoms with Crippen LogP contribution in [0, 0.1) is 13.8 Å². The first-order valence-electron chi connectivity index (χ1n) is 7.01. The van der Waals surface area contributed by atoms with E-state index in [4.69, 9.17) is 0 Å². The maximum Gasteiger partial charge on any atom is 0.254 e. The number of aryl methyl sites for hydroxylation is 2. The zero-order valence-corrected chi connectivity index (χ0v) is 12.4. The summed E-state index contributed by atoms with van der Waals surface area (Å²) in [7, 11) is 2.00. The fraction of sp³-hybridized carbons (Fsp3) is 0.562. The molecular formula is C16H24N2O. The van der Waals surface area contributed by atoms with E-state index in [9.17, 15) is 4.79 Å². The highest BCUT2D eigenvalue weighted by atomic mass is 16.2. The van der Waals surface area contributed by atoms with Crippen LogP contribution in [-0.4, -0.2) is 36.5 Å². The molecule has 1 aromatic carbocycles. The molecule has 0 bridgehead atoms. The summed E-state index contributed by atoms with van der Waals surface area (Å²) in [5.74, 6) is 0.189. The standard InChI is InChI=1S/C16H24N2O/c1-12-6-5-7-13(2)14(12)15(19)18-10-8-16(3,17-4)9-11-18/h5-7,17H,8-11H2,1-4H3. The molecule has 0 unspecified atom stereocenters. The first kappa shape index (κ1) is 14.1. The number of nitrogens with zero attached hydrogens (tertiary/aromatic N) is 1. The van der Waals surface area contributed by atoms with Crippen LogP contribution in [0.3, 0.4) is 0 Å². The van der Waals surface area contributed by atoms with Gasteiger partial charge < -0.3 is 10.2 Å². The van der Waals surface area contributed by atoms with Gasteiger partial charge in [-0.25, -0.2) is 0 Å². The van der Waals surface area contributed by atoms with Gasteiger partial charge in [-0.05, 0) is 51.8 Å². The summed E-state index contributed by atoms with van der Waals surface area (Å²) in [5.41, 5.74) is 3.21. The van der Waals surface area contributed by atoms with E-state index in [2.05, 4.69) is 12.2 Å². The highest BCUT2D eigenvalue weighted by Gasteiger charge is 2.31. The number of carbonyl (C=O) groups excluding carboxylic acids is 1. The van der Waals surface area contributed by atoms with E-state index >= 15 is 0 Å². The molecular weight excluding hydrogens is 236 g/mol. The van der Waals surface area contributed by atoms with Crippen LogP contribution >= 0.6 is 0 Å². The zero-order valence-electron chi connectivity index (χ0n) is 12.4. The smallest absolute Gasteiger partial charge is 0.254 e. The van der Waals surface area contributed by atoms with E-state index in [-0.39, 0.29) is 11.4 Å². The Morgan fingerprint density at radius 2 is 1.74 bits per heavy atom. The zero-order chi connectivity index (χ0) is 14.0. The second-order valence-electron chi connectivity index (χ2n) is 5.87. The van der Waals surface area contributed by atoms with E-state index in [0.717, 1.165) is 42.6 Å². The van der Waals surface area contributed by atoms with E-state index < -0.39 is 0 Å². The van der Waals surface area contributed by atoms with Gasteiger partial charge in [-0.1, -0.05) is 18.2 Å². The molecule has 2 rings (SSSR count). The summed E-state index contributed by atoms with van der Waals surface area (Å²) in [4.78, 5) is 14.6. The molecule has 0 radical (unpaired) electrons. The minimum absolute atomic E-state index is 0.178. The van der Waals surface area contributed by atoms with Gasteiger partial charge in [-0.15, -0.1) is 0 Å². The molecule has 0 aliphatic carbocycles. The van der Waals surface area contributed by atoms with Crippen molar-refractivity contribution in [3.63, 3.8) is 0 Å². The SMILES string of the molecule is CNC1(C)CCN(C(=O)c2c(C)cccc2C)CC1. The van der Waals surface area contributed by atoms with E-state index in [1.54, 1.807) is 0 Å². The maximum atomic E-state index is 12.6. The molecule has 0 atom stereocenters. The van der Waals surface area contributed by atoms with Gasteiger partial charge in [0.25, 0.3) is 5.91 Å². The third kappa shape index (κ3) is 2.81. The highest BCUT2D eigenvalue weighted by Crippen LogP contribution is 2.24. The fourth-order valence-electron chi connectivity index (χ4n) is 2.76. The summed E-state index contributed by atoms with van der Waals surface area (Å²) in [6.07, 6.45) is 2.03. The van der Waals surface area contributed by atoms with Crippen molar-refractivity contribution in [2.45, 2.75) is 39.2 Å². The van der Waals surface area contributed by atoms with E-state index in [1.807, 2.05) is 44.0 Å². The number of likely N-dealkylation sites (tertiary alicyclic amines) is 1. The molecule has 1 amide bonds. The van der Waals surface area contributed by atoms with Gasteiger partial charge in [0.15, 0.2) is 0 Å². The molecule has 1 N–H and O–H groups in total. The third-order valence-electron chi connectivity index (χ3n) is 4.45. The van der Waals surface area contributed by atoms with Crippen molar-refractivity contribution in [3.05, 3.63) is 34.9 Å². The van der Waals surface area contributed by atoms with Crippen LogP contribution < -0.4 is 5.32 Å². The van der Waals surface area contributed by atoms with Crippen LogP contribution in [0.5, 0.6) is 0 Å². The lowest BCUT2D eigenvalue weighted by Gasteiger charge is -2.39. The predicted molar refractivity (Wildman–Crippen MR) is 78.5 cm³/mol. The number of rotatable bonds is 2. The number of piperidine rings is 1. The Kier molecular flexibility index (Phi) is 3.95. The van der Waals surface area contributed by atoms with Crippen LogP contribution in [0.1, 0.15) is 41.3 Å². The van der Waals surface area contributed by atoms with Crippen molar-refractivity contribution in [2.24, 2.45) is 0 Å². The highest BCUT2D eigenvalue weighted by molar-refractivity contribution is 5.97. The average molecular weight is 260 g/mol. The van der Waals surface area contributed by atoms with Gasteiger partial charge in [0.2, 0.25) is 0 Å². The normalized spacial score (nSPS) is 18.4. The fourth-order valence-corrected chi connectivity index (χ4v) is 2.76. The molecule has 1 fully saturated rings. The lowest BCUT2D eigenvalue weighted by Crippen LogP contribution is -2.51. The van der Waals surface area contributed by atoms with Gasteiger partial charge in [0.1, 0.15) is 0 Å². The lowest BCUT2D eigenvalue weighted by atomic mass is 9.89. The van der Waals surface area contributed by atoms with Gasteiger partial charge in [0.05, 0.1) is 0 Å². The number of hydrogen-bond donors (Lipinski definition) is 1. The van der Waals surface area contributed by atoms with Crippen LogP contribution in [0.25, 0.3) is 0 Å². The Morgan fingerprint density at radius 3 is 2.21 bits per heavy atom. The summed E-state index contributed by atoms with van der Waals surface area (Å²) in [6, 6.07) is 6.04. The second-order valence-corrected chi connectivity index (χ2v) is 5.87. The quantitative estimate of drug-likeness (QED) is 0.886. The Balaban J connectivity index is 2.14. The molecule has 0 aromatic heterocycles. The van der Waals surface area contributed by atoms with Crippen LogP contribution in [0.2, 0.25) is 0 Å². The number of benzene rings is 1. The monoisotopic (exact) mass is 260 g/mol. The summed E-state index contributed by atoms with van der Waals surface area (Å²) in [5, 5.41) is 3.36. The van der Waals surface area contributed by atoms with Gasteiger partial charge in [-0.2, -0.15) is 0 Å². The molecule has 1 aromatic rings. The lowest BCUT2D eigenvalue weighted by molar-refractivity contribution is 0.0660. The molecule has 1 aliphatic heterocycles. The largest absolute Gasteiger partial charge is 0.338 e. The predicted octanol–water partition coefficient (Wildman–Crippen LogP) is 2.52. The Labute approximate surface area is 116 Å². The number of nitrogens with one attached hydrogen (secondary N) is 1. The van der Waals surface area contributed by atoms with Crippen molar-refractivity contribution in [1.29, 1.82) is 0 Å². The molecule has 1 heterocycles. The number of hydrogen-bond acceptors (Lipinski definition) is 2. The summed E-state index contributed by atoms with van der Waals surface area (Å²) in [6.45, 7) is 7.94. The molecule has 1 aliphatic rings. The average Bonchev–Trinajstić information content (AvgIpc) is 2.39. The molecule has 3 heteroatoms. The Bertz CT molecular complexity index is 453.